The van der Waals surface area contributed by atoms with Gasteiger partial charge >= 0.3 is 0 Å². The number of aliphatic hydroxyl groups excluding tert-OH is 2. The fourth-order valence-electron chi connectivity index (χ4n) is 7.95. The van der Waals surface area contributed by atoms with Crippen LogP contribution in [-0.4, -0.2) is 56.5 Å². The Bertz CT molecular complexity index is 1440. The molecule has 2 aliphatic heterocycles. The van der Waals surface area contributed by atoms with E-state index in [1.54, 1.807) is 13.1 Å². The predicted molar refractivity (Wildman–Crippen MR) is 149 cm³/mol. The van der Waals surface area contributed by atoms with Gasteiger partial charge in [-0.05, 0) is 50.2 Å². The van der Waals surface area contributed by atoms with Crippen molar-refractivity contribution in [3.05, 3.63) is 59.8 Å². The summed E-state index contributed by atoms with van der Waals surface area (Å²) < 4.78 is 6.31. The fourth-order valence-corrected chi connectivity index (χ4v) is 7.95. The number of allylic oxidation sites excluding steroid dienone is 2. The number of aromatic amines is 1. The Morgan fingerprint density at radius 3 is 2.67 bits per heavy atom. The number of para-hydroxylation sites is 1. The van der Waals surface area contributed by atoms with Gasteiger partial charge in [0.1, 0.15) is 23.4 Å². The summed E-state index contributed by atoms with van der Waals surface area (Å²) in [4.78, 5) is 44.6. The molecule has 0 radical (unpaired) electrons. The number of ether oxygens (including phenoxy) is 1. The first kappa shape index (κ1) is 27.1. The summed E-state index contributed by atoms with van der Waals surface area (Å²) in [6.07, 6.45) is 5.26. The molecule has 1 unspecified atom stereocenters. The van der Waals surface area contributed by atoms with Crippen molar-refractivity contribution in [2.75, 3.05) is 0 Å². The van der Waals surface area contributed by atoms with Gasteiger partial charge in [-0.3, -0.25) is 14.4 Å². The van der Waals surface area contributed by atoms with Crippen LogP contribution in [0.25, 0.3) is 10.9 Å². The number of H-pyrrole nitrogens is 1. The van der Waals surface area contributed by atoms with Gasteiger partial charge in [-0.2, -0.15) is 0 Å². The predicted octanol–water partition coefficient (Wildman–Crippen LogP) is 3.55. The topological polar surface area (TPSA) is 132 Å². The van der Waals surface area contributed by atoms with E-state index < -0.39 is 52.8 Å². The number of carbonyl (C=O) groups is 3. The largest absolute Gasteiger partial charge is 0.386 e. The van der Waals surface area contributed by atoms with E-state index in [-0.39, 0.29) is 36.6 Å². The van der Waals surface area contributed by atoms with Gasteiger partial charge in [-0.15, -0.1) is 0 Å². The lowest BCUT2D eigenvalue weighted by molar-refractivity contribution is -0.149. The minimum atomic E-state index is -1.49. The van der Waals surface area contributed by atoms with Crippen LogP contribution in [0.15, 0.2) is 54.3 Å². The smallest absolute Gasteiger partial charge is 0.235 e. The maximum absolute atomic E-state index is 14.4. The molecule has 2 aliphatic carbocycles. The van der Waals surface area contributed by atoms with Crippen LogP contribution in [0.1, 0.15) is 58.6 Å². The number of aliphatic hydroxyl groups is 2. The van der Waals surface area contributed by atoms with Gasteiger partial charge in [0, 0.05) is 40.9 Å². The number of hydrogen-bond donors (Lipinski definition) is 4. The van der Waals surface area contributed by atoms with Crippen molar-refractivity contribution < 1.29 is 29.3 Å². The summed E-state index contributed by atoms with van der Waals surface area (Å²) in [6, 6.07) is 6.94. The lowest BCUT2D eigenvalue weighted by atomic mass is 9.51. The lowest BCUT2D eigenvalue weighted by Gasteiger charge is -2.46. The zero-order valence-electron chi connectivity index (χ0n) is 23.4. The Morgan fingerprint density at radius 1 is 1.15 bits per heavy atom. The van der Waals surface area contributed by atoms with E-state index in [9.17, 15) is 24.6 Å². The first-order valence-electron chi connectivity index (χ1n) is 14.3. The molecule has 4 aliphatic rings. The van der Waals surface area contributed by atoms with Crippen molar-refractivity contribution in [2.45, 2.75) is 76.9 Å². The van der Waals surface area contributed by atoms with Gasteiger partial charge in [0.15, 0.2) is 5.78 Å². The van der Waals surface area contributed by atoms with Crippen molar-refractivity contribution in [1.29, 1.82) is 0 Å². The van der Waals surface area contributed by atoms with Crippen LogP contribution in [0.4, 0.5) is 0 Å². The van der Waals surface area contributed by atoms with Gasteiger partial charge in [0.25, 0.3) is 0 Å². The molecule has 6 rings (SSSR count). The average molecular weight is 547 g/mol. The van der Waals surface area contributed by atoms with Crippen molar-refractivity contribution in [1.82, 2.24) is 10.3 Å². The molecule has 2 saturated heterocycles. The van der Waals surface area contributed by atoms with Crippen molar-refractivity contribution in [3.8, 4) is 0 Å². The maximum Gasteiger partial charge on any atom is 0.235 e. The number of aromatic nitrogens is 1. The number of benzene rings is 1. The number of carbonyl (C=O) groups excluding carboxylic acids is 3. The summed E-state index contributed by atoms with van der Waals surface area (Å²) in [5.41, 5.74) is -0.0212. The molecule has 8 nitrogen and oxygen atoms in total. The number of rotatable bonds is 2. The van der Waals surface area contributed by atoms with E-state index in [1.165, 1.54) is 0 Å². The Hall–Kier alpha value is -3.07. The molecule has 1 saturated carbocycles. The number of hydrogen-bond acceptors (Lipinski definition) is 6. The summed E-state index contributed by atoms with van der Waals surface area (Å²) in [7, 11) is 0. The highest BCUT2D eigenvalue weighted by Gasteiger charge is 2.78. The second-order valence-electron chi connectivity index (χ2n) is 12.5. The molecule has 1 spiro atoms. The number of nitrogens with one attached hydrogen (secondary N) is 2. The Kier molecular flexibility index (Phi) is 6.44. The SMILES string of the molecule is C/C1=C\[C@@H](C)C/C=C/[C@H]2[C@@H]3O[C@]3(C)[C@@H](C)[C@H]3[C@H](C(O)c4c[nH]c5ccccc45)NC(=O)[C@]32C(=O)CC[C@H](O)C1=O. The summed E-state index contributed by atoms with van der Waals surface area (Å²) >= 11 is 0. The molecule has 4 N–H and O–H groups in total. The summed E-state index contributed by atoms with van der Waals surface area (Å²) in [6.45, 7) is 7.71. The molecular weight excluding hydrogens is 508 g/mol. The number of Topliss-reactive ketones (excluding diaryl/α,β-unsaturated/α-hetero) is 2. The van der Waals surface area contributed by atoms with Crippen LogP contribution < -0.4 is 5.32 Å². The Balaban J connectivity index is 1.46. The molecule has 1 amide bonds. The van der Waals surface area contributed by atoms with Gasteiger partial charge in [0.05, 0.1) is 17.7 Å². The molecule has 10 atom stereocenters. The highest BCUT2D eigenvalue weighted by Crippen LogP contribution is 2.66. The Labute approximate surface area is 233 Å². The normalized spacial score (nSPS) is 42.7. The van der Waals surface area contributed by atoms with Crippen LogP contribution in [0.5, 0.6) is 0 Å². The van der Waals surface area contributed by atoms with E-state index in [2.05, 4.69) is 10.3 Å². The van der Waals surface area contributed by atoms with Gasteiger partial charge in [-0.1, -0.05) is 50.3 Å². The first-order valence-corrected chi connectivity index (χ1v) is 14.3. The van der Waals surface area contributed by atoms with Crippen molar-refractivity contribution in [3.63, 3.8) is 0 Å². The fraction of sp³-hybridized carbons (Fsp3) is 0.531. The van der Waals surface area contributed by atoms with Crippen molar-refractivity contribution in [2.24, 2.45) is 29.1 Å². The third-order valence-electron chi connectivity index (χ3n) is 10.2. The minimum Gasteiger partial charge on any atom is -0.386 e. The highest BCUT2D eigenvalue weighted by atomic mass is 16.6. The van der Waals surface area contributed by atoms with Crippen LogP contribution in [0.2, 0.25) is 0 Å². The second kappa shape index (κ2) is 9.50. The van der Waals surface area contributed by atoms with E-state index in [4.69, 9.17) is 4.74 Å². The molecule has 212 valence electrons. The first-order chi connectivity index (χ1) is 19.0. The second-order valence-corrected chi connectivity index (χ2v) is 12.5. The van der Waals surface area contributed by atoms with Crippen molar-refractivity contribution >= 4 is 28.4 Å². The third-order valence-corrected chi connectivity index (χ3v) is 10.2. The molecular formula is C32H38N2O6. The van der Waals surface area contributed by atoms with E-state index in [0.29, 0.717) is 17.6 Å². The molecule has 1 aromatic carbocycles. The average Bonchev–Trinajstić information content (AvgIpc) is 3.30. The molecule has 40 heavy (non-hydrogen) atoms. The van der Waals surface area contributed by atoms with Crippen LogP contribution in [0, 0.1) is 29.1 Å². The number of amides is 1. The van der Waals surface area contributed by atoms with Crippen LogP contribution in [-0.2, 0) is 19.1 Å². The molecule has 8 heteroatoms. The molecule has 3 heterocycles. The highest BCUT2D eigenvalue weighted by molar-refractivity contribution is 6.09. The van der Waals surface area contributed by atoms with Gasteiger partial charge in [-0.25, -0.2) is 0 Å². The quantitative estimate of drug-likeness (QED) is 0.259. The minimum absolute atomic E-state index is 0.0264. The zero-order valence-corrected chi connectivity index (χ0v) is 23.4. The molecule has 0 bridgehead atoms. The molecule has 3 fully saturated rings. The van der Waals surface area contributed by atoms with Crippen LogP contribution in [0.3, 0.4) is 0 Å². The number of fused-ring (bicyclic) bond motifs is 3. The van der Waals surface area contributed by atoms with Gasteiger partial charge < -0.3 is 25.3 Å². The lowest BCUT2D eigenvalue weighted by Crippen LogP contribution is -2.58. The third kappa shape index (κ3) is 3.80. The summed E-state index contributed by atoms with van der Waals surface area (Å²) in [5, 5.41) is 26.5. The maximum atomic E-state index is 14.4. The monoisotopic (exact) mass is 546 g/mol. The molecule has 2 aromatic rings. The Morgan fingerprint density at radius 2 is 1.90 bits per heavy atom. The van der Waals surface area contributed by atoms with Crippen LogP contribution >= 0.6 is 0 Å². The van der Waals surface area contributed by atoms with E-state index >= 15 is 0 Å². The van der Waals surface area contributed by atoms with E-state index in [1.807, 2.05) is 63.3 Å². The van der Waals surface area contributed by atoms with E-state index in [0.717, 1.165) is 10.9 Å². The van der Waals surface area contributed by atoms with Gasteiger partial charge in [0.2, 0.25) is 5.91 Å². The number of ketones is 2. The number of epoxide rings is 1. The summed E-state index contributed by atoms with van der Waals surface area (Å²) in [5.74, 6) is -2.42. The standard InChI is InChI=1S/C32H38N2O6/c1-16-8-7-10-21-29-31(4,40-29)18(3)25-26(28(38)20-15-33-22-11-6-5-9-19(20)22)34-30(39)32(21,25)24(36)13-12-23(35)27(37)17(2)14-16/h5-7,9-11,14-16,18,21,23,25-26,28-29,33,35,38H,8,12-13H2,1-4H3,(H,34,39)/b10-7+,17-14+/t16-,18-,21-,23-,25-,26+,28?,29-,31+,32+/m0/s1. The molecule has 1 aromatic heterocycles. The zero-order chi connectivity index (χ0) is 28.6.